The molecule has 0 amide bonds. The fraction of sp³-hybridized carbons (Fsp3) is 0.795. The molecule has 0 bridgehead atoms. The van der Waals surface area contributed by atoms with Crippen LogP contribution in [0.25, 0.3) is 0 Å². The third kappa shape index (κ3) is 6.49. The summed E-state index contributed by atoms with van der Waals surface area (Å²) in [5, 5.41) is 22.5. The lowest BCUT2D eigenvalue weighted by molar-refractivity contribution is -0.203. The molecular weight excluding hydrogens is 612 g/mol. The van der Waals surface area contributed by atoms with Gasteiger partial charge in [0.25, 0.3) is 0 Å². The smallest absolute Gasteiger partial charge is 0.315 e. The van der Waals surface area contributed by atoms with Gasteiger partial charge in [0.15, 0.2) is 9.84 Å². The molecule has 47 heavy (non-hydrogen) atoms. The normalized spacial score (nSPS) is 37.7. The van der Waals surface area contributed by atoms with Gasteiger partial charge in [-0.15, -0.1) is 0 Å². The molecule has 11 atom stereocenters. The van der Waals surface area contributed by atoms with Crippen LogP contribution in [-0.2, 0) is 29.6 Å². The fourth-order valence-electron chi connectivity index (χ4n) is 11.6. The monoisotopic (exact) mass is 672 g/mol. The molecule has 1 aromatic carbocycles. The van der Waals surface area contributed by atoms with E-state index in [-0.39, 0.29) is 46.1 Å². The number of carbonyl (C=O) groups excluding carboxylic acids is 2. The fourth-order valence-corrected chi connectivity index (χ4v) is 12.9. The SMILES string of the molecule is CC[C@H]1[C@@H](O)[C@@H]2[C@H](CC[C@]3(C)[C@@H]([C@H](C)CCCC(=O)CS(=O)(=O)c4ccc(C(C)(C)C(=O)OC)cc4)CC[C@@H]23)[C@@]2(C)CC[C@@H](O)C[C@@H]12. The zero-order valence-corrected chi connectivity index (χ0v) is 30.7. The highest BCUT2D eigenvalue weighted by molar-refractivity contribution is 7.92. The van der Waals surface area contributed by atoms with Gasteiger partial charge >= 0.3 is 5.97 Å². The zero-order valence-electron chi connectivity index (χ0n) is 29.8. The predicted molar refractivity (Wildman–Crippen MR) is 183 cm³/mol. The quantitative estimate of drug-likeness (QED) is 0.245. The number of esters is 1. The molecule has 0 heterocycles. The molecule has 0 radical (unpaired) electrons. The van der Waals surface area contributed by atoms with Gasteiger partial charge in [-0.05, 0) is 135 Å². The Morgan fingerprint density at radius 3 is 2.26 bits per heavy atom. The molecule has 4 aliphatic rings. The third-order valence-electron chi connectivity index (χ3n) is 14.2. The molecular formula is C39H60O7S. The molecule has 8 heteroatoms. The van der Waals surface area contributed by atoms with Crippen molar-refractivity contribution in [2.75, 3.05) is 12.9 Å². The Morgan fingerprint density at radius 2 is 1.62 bits per heavy atom. The van der Waals surface area contributed by atoms with Gasteiger partial charge in [0, 0.05) is 6.42 Å². The summed E-state index contributed by atoms with van der Waals surface area (Å²) in [5.74, 6) is 1.76. The number of Topliss-reactive ketones (excluding diaryl/α,β-unsaturated/α-hetero) is 1. The molecule has 4 fully saturated rings. The maximum absolute atomic E-state index is 13.1. The Balaban J connectivity index is 1.18. The first-order chi connectivity index (χ1) is 22.0. The highest BCUT2D eigenvalue weighted by Crippen LogP contribution is 2.69. The van der Waals surface area contributed by atoms with E-state index in [1.165, 1.54) is 25.7 Å². The molecule has 5 rings (SSSR count). The maximum Gasteiger partial charge on any atom is 0.315 e. The van der Waals surface area contributed by atoms with Crippen molar-refractivity contribution in [1.29, 1.82) is 0 Å². The van der Waals surface area contributed by atoms with E-state index in [4.69, 9.17) is 4.74 Å². The molecule has 0 spiro atoms. The lowest BCUT2D eigenvalue weighted by Gasteiger charge is -2.64. The molecule has 4 aliphatic carbocycles. The number of sulfone groups is 1. The van der Waals surface area contributed by atoms with Crippen molar-refractivity contribution in [3.05, 3.63) is 29.8 Å². The molecule has 2 N–H and O–H groups in total. The van der Waals surface area contributed by atoms with Gasteiger partial charge in [-0.3, -0.25) is 9.59 Å². The highest BCUT2D eigenvalue weighted by atomic mass is 32.2. The number of fused-ring (bicyclic) bond motifs is 5. The van der Waals surface area contributed by atoms with Crippen LogP contribution in [-0.4, -0.2) is 55.5 Å². The number of rotatable bonds is 11. The number of ketones is 1. The first-order valence-electron chi connectivity index (χ1n) is 18.3. The second-order valence-corrected chi connectivity index (χ2v) is 18.9. The first kappa shape index (κ1) is 36.5. The molecule has 0 unspecified atom stereocenters. The molecule has 7 nitrogen and oxygen atoms in total. The van der Waals surface area contributed by atoms with Crippen LogP contribution >= 0.6 is 0 Å². The van der Waals surface area contributed by atoms with Crippen molar-refractivity contribution < 1.29 is 33.0 Å². The minimum absolute atomic E-state index is 0.0870. The summed E-state index contributed by atoms with van der Waals surface area (Å²) in [7, 11) is -2.46. The largest absolute Gasteiger partial charge is 0.468 e. The van der Waals surface area contributed by atoms with Crippen LogP contribution in [0, 0.1) is 52.3 Å². The molecule has 264 valence electrons. The average molecular weight is 673 g/mol. The van der Waals surface area contributed by atoms with Crippen molar-refractivity contribution >= 4 is 21.6 Å². The van der Waals surface area contributed by atoms with E-state index < -0.39 is 27.0 Å². The lowest BCUT2D eigenvalue weighted by Crippen LogP contribution is -2.62. The zero-order chi connectivity index (χ0) is 34.5. The van der Waals surface area contributed by atoms with Crippen LogP contribution < -0.4 is 0 Å². The number of benzene rings is 1. The van der Waals surface area contributed by atoms with E-state index >= 15 is 0 Å². The van der Waals surface area contributed by atoms with Crippen molar-refractivity contribution in [2.45, 2.75) is 135 Å². The van der Waals surface area contributed by atoms with E-state index in [0.717, 1.165) is 51.4 Å². The maximum atomic E-state index is 13.1. The first-order valence-corrected chi connectivity index (χ1v) is 20.0. The predicted octanol–water partition coefficient (Wildman–Crippen LogP) is 6.91. The van der Waals surface area contributed by atoms with Crippen molar-refractivity contribution in [3.8, 4) is 0 Å². The van der Waals surface area contributed by atoms with E-state index in [1.54, 1.807) is 26.0 Å². The van der Waals surface area contributed by atoms with Gasteiger partial charge in [-0.25, -0.2) is 8.42 Å². The highest BCUT2D eigenvalue weighted by Gasteiger charge is 2.64. The van der Waals surface area contributed by atoms with Gasteiger partial charge in [-0.1, -0.05) is 52.7 Å². The number of ether oxygens (including phenoxy) is 1. The van der Waals surface area contributed by atoms with Crippen LogP contribution in [0.2, 0.25) is 0 Å². The van der Waals surface area contributed by atoms with E-state index in [9.17, 15) is 28.2 Å². The van der Waals surface area contributed by atoms with Crippen LogP contribution in [0.5, 0.6) is 0 Å². The molecule has 0 aliphatic heterocycles. The Labute approximate surface area is 283 Å². The lowest BCUT2D eigenvalue weighted by atomic mass is 9.41. The molecule has 0 aromatic heterocycles. The summed E-state index contributed by atoms with van der Waals surface area (Å²) >= 11 is 0. The molecule has 0 saturated heterocycles. The van der Waals surface area contributed by atoms with Crippen molar-refractivity contribution in [3.63, 3.8) is 0 Å². The van der Waals surface area contributed by atoms with Gasteiger partial charge in [0.2, 0.25) is 0 Å². The minimum Gasteiger partial charge on any atom is -0.468 e. The average Bonchev–Trinajstić information content (AvgIpc) is 3.38. The third-order valence-corrected chi connectivity index (χ3v) is 15.9. The van der Waals surface area contributed by atoms with E-state index in [0.29, 0.717) is 47.5 Å². The number of carbonyl (C=O) groups is 2. The minimum atomic E-state index is -3.78. The Morgan fingerprint density at radius 1 is 0.979 bits per heavy atom. The van der Waals surface area contributed by atoms with Crippen molar-refractivity contribution in [2.24, 2.45) is 52.3 Å². The van der Waals surface area contributed by atoms with E-state index in [1.807, 2.05) is 0 Å². The van der Waals surface area contributed by atoms with Gasteiger partial charge in [-0.2, -0.15) is 0 Å². The number of aliphatic hydroxyl groups excluding tert-OH is 2. The summed E-state index contributed by atoms with van der Waals surface area (Å²) in [6.07, 6.45) is 9.64. The van der Waals surface area contributed by atoms with Crippen LogP contribution in [0.4, 0.5) is 0 Å². The van der Waals surface area contributed by atoms with Crippen LogP contribution in [0.1, 0.15) is 118 Å². The van der Waals surface area contributed by atoms with Gasteiger partial charge in [0.1, 0.15) is 11.5 Å². The van der Waals surface area contributed by atoms with Gasteiger partial charge in [0.05, 0.1) is 29.6 Å². The van der Waals surface area contributed by atoms with E-state index in [2.05, 4.69) is 27.7 Å². The van der Waals surface area contributed by atoms with Crippen LogP contribution in [0.15, 0.2) is 29.2 Å². The van der Waals surface area contributed by atoms with Crippen molar-refractivity contribution in [1.82, 2.24) is 0 Å². The second kappa shape index (κ2) is 13.5. The molecule has 1 aromatic rings. The number of hydrogen-bond acceptors (Lipinski definition) is 7. The number of hydrogen-bond donors (Lipinski definition) is 2. The second-order valence-electron chi connectivity index (χ2n) is 16.9. The molecule has 4 saturated carbocycles. The summed E-state index contributed by atoms with van der Waals surface area (Å²) < 4.78 is 31.0. The summed E-state index contributed by atoms with van der Waals surface area (Å²) in [4.78, 5) is 25.1. The topological polar surface area (TPSA) is 118 Å². The Hall–Kier alpha value is -1.77. The summed E-state index contributed by atoms with van der Waals surface area (Å²) in [5.41, 5.74) is 0.0978. The standard InChI is InChI=1S/C39H60O7S/c1-8-29-33-22-26(40)18-20-39(33,6)32-19-21-38(5)30(16-17-31(38)34(32)35(29)42)24(2)10-9-11-27(41)23-47(44,45)28-14-12-25(13-15-28)37(3,4)36(43)46-7/h12-15,24,26,29-35,40,42H,8-11,16-23H2,1-7H3/t24-,26-,29-,30-,31+,32+,33+,34+,35-,38-,39-/m1/s1. The number of methoxy groups -OCH3 is 1. The van der Waals surface area contributed by atoms with Crippen LogP contribution in [0.3, 0.4) is 0 Å². The summed E-state index contributed by atoms with van der Waals surface area (Å²) in [6.45, 7) is 12.9. The Kier molecular flexibility index (Phi) is 10.5. The summed E-state index contributed by atoms with van der Waals surface area (Å²) in [6, 6.07) is 6.18. The van der Waals surface area contributed by atoms with Gasteiger partial charge < -0.3 is 14.9 Å². The Bertz CT molecular complexity index is 1400. The number of aliphatic hydroxyl groups is 2.